The summed E-state index contributed by atoms with van der Waals surface area (Å²) in [5, 5.41) is 3.17. The molecule has 0 aliphatic rings. The molecule has 0 spiro atoms. The Labute approximate surface area is 221 Å². The van der Waals surface area contributed by atoms with Gasteiger partial charge in [-0.3, -0.25) is 4.98 Å². The van der Waals surface area contributed by atoms with E-state index in [2.05, 4.69) is 35.0 Å². The van der Waals surface area contributed by atoms with Gasteiger partial charge in [-0.1, -0.05) is 50.9 Å². The Kier molecular flexibility index (Phi) is 7.67. The van der Waals surface area contributed by atoms with Crippen molar-refractivity contribution in [3.8, 4) is 11.1 Å². The van der Waals surface area contributed by atoms with Gasteiger partial charge in [0.1, 0.15) is 17.5 Å². The molecule has 5 nitrogen and oxygen atoms in total. The number of pyridine rings is 1. The lowest BCUT2D eigenvalue weighted by Crippen LogP contribution is -2.02. The molecule has 2 aromatic heterocycles. The Hall–Kier alpha value is -4.78. The second-order valence-electron chi connectivity index (χ2n) is 8.80. The molecule has 2 heterocycles. The van der Waals surface area contributed by atoms with Crippen LogP contribution in [0, 0.1) is 18.6 Å². The molecule has 0 amide bonds. The summed E-state index contributed by atoms with van der Waals surface area (Å²) in [4.78, 5) is 12.2. The SMILES string of the molecule is C=C/C=C(/c1ccc(F)cc1)c1nc(C(=C)c2c(N)ccc(-c3cncc(NC(=C)CC)c3)c2F)[nH]c1C. The van der Waals surface area contributed by atoms with Crippen LogP contribution in [0.3, 0.4) is 0 Å². The third kappa shape index (κ3) is 5.32. The Bertz CT molecular complexity index is 1560. The van der Waals surface area contributed by atoms with Crippen LogP contribution in [0.15, 0.2) is 92.4 Å². The average Bonchev–Trinajstić information content (AvgIpc) is 3.29. The number of rotatable bonds is 9. The molecule has 7 heteroatoms. The lowest BCUT2D eigenvalue weighted by atomic mass is 9.97. The van der Waals surface area contributed by atoms with Crippen LogP contribution in [0.25, 0.3) is 22.3 Å². The standard InChI is InChI=1S/C31H29F2N5/c1-6-8-26(21-9-11-23(32)12-10-21)30-20(5)37-31(38-30)19(4)28-27(34)14-13-25(29(28)33)22-15-24(17-35-16-22)36-18(3)7-2/h6,8-17,36H,1,3-4,7,34H2,2,5H3,(H,37,38)/b26-8-. The molecule has 4 N–H and O–H groups in total. The molecule has 0 fully saturated rings. The van der Waals surface area contributed by atoms with E-state index in [4.69, 9.17) is 10.7 Å². The van der Waals surface area contributed by atoms with Crippen LogP contribution in [0.5, 0.6) is 0 Å². The van der Waals surface area contributed by atoms with Gasteiger partial charge in [-0.15, -0.1) is 0 Å². The van der Waals surface area contributed by atoms with Crippen LogP contribution in [0.2, 0.25) is 0 Å². The molecule has 0 saturated carbocycles. The molecular formula is C31H29F2N5. The third-order valence-electron chi connectivity index (χ3n) is 6.14. The Balaban J connectivity index is 1.74. The van der Waals surface area contributed by atoms with E-state index in [9.17, 15) is 4.39 Å². The molecule has 0 atom stereocenters. The molecule has 0 saturated heterocycles. The van der Waals surface area contributed by atoms with Gasteiger partial charge < -0.3 is 16.0 Å². The van der Waals surface area contributed by atoms with Crippen LogP contribution in [-0.4, -0.2) is 15.0 Å². The third-order valence-corrected chi connectivity index (χ3v) is 6.14. The number of nitrogens with zero attached hydrogens (tertiary/aromatic N) is 2. The molecule has 0 bridgehead atoms. The van der Waals surface area contributed by atoms with Gasteiger partial charge in [-0.05, 0) is 49.2 Å². The molecule has 4 rings (SSSR count). The number of imidazole rings is 1. The predicted molar refractivity (Wildman–Crippen MR) is 152 cm³/mol. The van der Waals surface area contributed by atoms with E-state index in [1.807, 2.05) is 13.8 Å². The summed E-state index contributed by atoms with van der Waals surface area (Å²) < 4.78 is 29.5. The number of halogens is 2. The zero-order valence-electron chi connectivity index (χ0n) is 21.4. The molecule has 4 aromatic rings. The first-order valence-corrected chi connectivity index (χ1v) is 12.1. The zero-order chi connectivity index (χ0) is 27.4. The number of nitrogens with one attached hydrogen (secondary N) is 2. The number of H-pyrrole nitrogens is 1. The van der Waals surface area contributed by atoms with Crippen LogP contribution in [-0.2, 0) is 0 Å². The highest BCUT2D eigenvalue weighted by Gasteiger charge is 2.21. The van der Waals surface area contributed by atoms with Crippen molar-refractivity contribution in [1.29, 1.82) is 0 Å². The summed E-state index contributed by atoms with van der Waals surface area (Å²) >= 11 is 0. The number of benzene rings is 2. The molecule has 0 unspecified atom stereocenters. The Morgan fingerprint density at radius 1 is 1.11 bits per heavy atom. The minimum absolute atomic E-state index is 0.148. The number of hydrogen-bond acceptors (Lipinski definition) is 4. The van der Waals surface area contributed by atoms with Crippen molar-refractivity contribution in [2.45, 2.75) is 20.3 Å². The zero-order valence-corrected chi connectivity index (χ0v) is 21.4. The summed E-state index contributed by atoms with van der Waals surface area (Å²) in [6, 6.07) is 11.2. The normalized spacial score (nSPS) is 11.3. The molecule has 0 aliphatic carbocycles. The molecule has 0 aliphatic heterocycles. The minimum atomic E-state index is -0.528. The molecule has 2 aromatic carbocycles. The van der Waals surface area contributed by atoms with Gasteiger partial charge in [0.25, 0.3) is 0 Å². The molecular weight excluding hydrogens is 480 g/mol. The summed E-state index contributed by atoms with van der Waals surface area (Å²) in [5.41, 5.74) is 12.2. The van der Waals surface area contributed by atoms with Crippen LogP contribution in [0.4, 0.5) is 20.2 Å². The lowest BCUT2D eigenvalue weighted by Gasteiger charge is -2.14. The molecule has 38 heavy (non-hydrogen) atoms. The summed E-state index contributed by atoms with van der Waals surface area (Å²) in [6.07, 6.45) is 7.42. The van der Waals surface area contributed by atoms with Gasteiger partial charge in [0.05, 0.1) is 17.6 Å². The van der Waals surface area contributed by atoms with Gasteiger partial charge in [-0.2, -0.15) is 0 Å². The smallest absolute Gasteiger partial charge is 0.141 e. The van der Waals surface area contributed by atoms with E-state index >= 15 is 4.39 Å². The van der Waals surface area contributed by atoms with Crippen molar-refractivity contribution in [3.05, 3.63) is 132 Å². The quantitative estimate of drug-likeness (QED) is 0.160. The van der Waals surface area contributed by atoms with Gasteiger partial charge in [-0.25, -0.2) is 13.8 Å². The number of allylic oxidation sites excluding steroid dienone is 3. The molecule has 0 radical (unpaired) electrons. The number of anilines is 2. The van der Waals surface area contributed by atoms with Crippen molar-refractivity contribution >= 4 is 22.5 Å². The lowest BCUT2D eigenvalue weighted by molar-refractivity contribution is 0.627. The maximum absolute atomic E-state index is 16.0. The van der Waals surface area contributed by atoms with Crippen molar-refractivity contribution in [3.63, 3.8) is 0 Å². The van der Waals surface area contributed by atoms with Crippen LogP contribution in [0.1, 0.15) is 41.7 Å². The van der Waals surface area contributed by atoms with Crippen molar-refractivity contribution in [2.75, 3.05) is 11.1 Å². The van der Waals surface area contributed by atoms with E-state index in [1.165, 1.54) is 12.1 Å². The van der Waals surface area contributed by atoms with Crippen molar-refractivity contribution < 1.29 is 8.78 Å². The van der Waals surface area contributed by atoms with Crippen molar-refractivity contribution in [2.24, 2.45) is 0 Å². The van der Waals surface area contributed by atoms with E-state index in [-0.39, 0.29) is 17.1 Å². The number of aryl methyl sites for hydroxylation is 1. The first-order chi connectivity index (χ1) is 18.2. The molecule has 192 valence electrons. The Morgan fingerprint density at radius 2 is 1.84 bits per heavy atom. The maximum atomic E-state index is 16.0. The van der Waals surface area contributed by atoms with Gasteiger partial charge in [0.15, 0.2) is 0 Å². The second kappa shape index (κ2) is 11.1. The summed E-state index contributed by atoms with van der Waals surface area (Å²) in [7, 11) is 0. The maximum Gasteiger partial charge on any atom is 0.141 e. The van der Waals surface area contributed by atoms with E-state index in [1.54, 1.807) is 54.9 Å². The first kappa shape index (κ1) is 26.3. The van der Waals surface area contributed by atoms with E-state index in [0.717, 1.165) is 28.9 Å². The Morgan fingerprint density at radius 3 is 2.53 bits per heavy atom. The fourth-order valence-corrected chi connectivity index (χ4v) is 4.11. The monoisotopic (exact) mass is 509 g/mol. The highest BCUT2D eigenvalue weighted by Crippen LogP contribution is 2.36. The minimum Gasteiger partial charge on any atom is -0.398 e. The number of aromatic nitrogens is 3. The number of nitrogens with two attached hydrogens (primary N) is 1. The second-order valence-corrected chi connectivity index (χ2v) is 8.80. The van der Waals surface area contributed by atoms with E-state index in [0.29, 0.717) is 33.9 Å². The summed E-state index contributed by atoms with van der Waals surface area (Å²) in [6.45, 7) is 15.7. The highest BCUT2D eigenvalue weighted by atomic mass is 19.1. The first-order valence-electron chi connectivity index (χ1n) is 12.1. The highest BCUT2D eigenvalue weighted by molar-refractivity contribution is 5.87. The van der Waals surface area contributed by atoms with Crippen LogP contribution >= 0.6 is 0 Å². The van der Waals surface area contributed by atoms with Gasteiger partial charge >= 0.3 is 0 Å². The van der Waals surface area contributed by atoms with Gasteiger partial charge in [0.2, 0.25) is 0 Å². The van der Waals surface area contributed by atoms with Gasteiger partial charge in [0, 0.05) is 51.1 Å². The number of hydrogen-bond donors (Lipinski definition) is 3. The van der Waals surface area contributed by atoms with Crippen LogP contribution < -0.4 is 11.1 Å². The largest absolute Gasteiger partial charge is 0.398 e. The topological polar surface area (TPSA) is 79.6 Å². The summed E-state index contributed by atoms with van der Waals surface area (Å²) in [5.74, 6) is -0.499. The fraction of sp³-hybridized carbons (Fsp3) is 0.0968. The fourth-order valence-electron chi connectivity index (χ4n) is 4.11. The number of aromatic amines is 1. The number of nitrogen functional groups attached to an aromatic ring is 1. The predicted octanol–water partition coefficient (Wildman–Crippen LogP) is 7.66. The van der Waals surface area contributed by atoms with E-state index < -0.39 is 5.82 Å². The average molecular weight is 510 g/mol. The van der Waals surface area contributed by atoms with Crippen molar-refractivity contribution in [1.82, 2.24) is 15.0 Å².